The second-order valence-corrected chi connectivity index (χ2v) is 6.21. The van der Waals surface area contributed by atoms with Gasteiger partial charge in [0.25, 0.3) is 0 Å². The molecule has 0 aromatic heterocycles. The Morgan fingerprint density at radius 2 is 2.16 bits per heavy atom. The van der Waals surface area contributed by atoms with Crippen LogP contribution in [0.4, 0.5) is 5.69 Å². The van der Waals surface area contributed by atoms with Crippen molar-refractivity contribution in [3.8, 4) is 0 Å². The number of benzene rings is 1. The molecular weight excluding hydrogens is 304 g/mol. The van der Waals surface area contributed by atoms with Crippen LogP contribution < -0.4 is 11.1 Å². The Bertz CT molecular complexity index is 461. The molecule has 1 aliphatic rings. The first-order valence-electron chi connectivity index (χ1n) is 6.89. The molecule has 104 valence electrons. The number of hydrogen-bond acceptors (Lipinski definition) is 2. The molecule has 3 N–H and O–H groups in total. The van der Waals surface area contributed by atoms with Gasteiger partial charge < -0.3 is 11.1 Å². The molecule has 2 rings (SSSR count). The van der Waals surface area contributed by atoms with Gasteiger partial charge in [-0.1, -0.05) is 18.9 Å². The molecule has 3 nitrogen and oxygen atoms in total. The fourth-order valence-corrected chi connectivity index (χ4v) is 3.14. The monoisotopic (exact) mass is 324 g/mol. The van der Waals surface area contributed by atoms with E-state index >= 15 is 0 Å². The lowest BCUT2D eigenvalue weighted by Gasteiger charge is -2.29. The molecule has 0 spiro atoms. The van der Waals surface area contributed by atoms with Gasteiger partial charge in [-0.25, -0.2) is 0 Å². The van der Waals surface area contributed by atoms with Crippen molar-refractivity contribution in [2.75, 3.05) is 11.9 Å². The zero-order valence-corrected chi connectivity index (χ0v) is 12.9. The van der Waals surface area contributed by atoms with Crippen LogP contribution in [0.3, 0.4) is 0 Å². The van der Waals surface area contributed by atoms with Crippen LogP contribution in [-0.4, -0.2) is 12.5 Å². The van der Waals surface area contributed by atoms with Gasteiger partial charge in [0.05, 0.1) is 5.69 Å². The van der Waals surface area contributed by atoms with Crippen molar-refractivity contribution in [2.24, 2.45) is 17.6 Å². The summed E-state index contributed by atoms with van der Waals surface area (Å²) in [6, 6.07) is 5.97. The van der Waals surface area contributed by atoms with E-state index in [0.29, 0.717) is 12.5 Å². The average Bonchev–Trinajstić information content (AvgIpc) is 2.42. The third-order valence-electron chi connectivity index (χ3n) is 3.93. The Labute approximate surface area is 123 Å². The maximum atomic E-state index is 12.4. The molecule has 1 amide bonds. The predicted molar refractivity (Wildman–Crippen MR) is 82.0 cm³/mol. The maximum absolute atomic E-state index is 12.4. The van der Waals surface area contributed by atoms with Crippen LogP contribution in [0.2, 0.25) is 0 Å². The van der Waals surface area contributed by atoms with Crippen LogP contribution in [0.5, 0.6) is 0 Å². The highest BCUT2D eigenvalue weighted by Gasteiger charge is 2.30. The molecule has 0 heterocycles. The van der Waals surface area contributed by atoms with Gasteiger partial charge in [0.15, 0.2) is 0 Å². The predicted octanol–water partition coefficient (Wildman–Crippen LogP) is 3.46. The second kappa shape index (κ2) is 6.53. The summed E-state index contributed by atoms with van der Waals surface area (Å²) in [6.07, 6.45) is 4.35. The Kier molecular flexibility index (Phi) is 4.99. The van der Waals surface area contributed by atoms with E-state index in [1.165, 1.54) is 6.42 Å². The molecule has 0 saturated heterocycles. The summed E-state index contributed by atoms with van der Waals surface area (Å²) < 4.78 is 0.923. The van der Waals surface area contributed by atoms with Crippen molar-refractivity contribution in [1.82, 2.24) is 0 Å². The third-order valence-corrected chi connectivity index (χ3v) is 4.62. The van der Waals surface area contributed by atoms with Crippen molar-refractivity contribution >= 4 is 27.5 Å². The van der Waals surface area contributed by atoms with Gasteiger partial charge in [-0.15, -0.1) is 0 Å². The van der Waals surface area contributed by atoms with Crippen LogP contribution in [-0.2, 0) is 4.79 Å². The molecule has 4 heteroatoms. The molecule has 1 aliphatic carbocycles. The number of halogens is 1. The largest absolute Gasteiger partial charge is 0.330 e. The molecule has 0 radical (unpaired) electrons. The number of carbonyl (C=O) groups excluding carboxylic acids is 1. The standard InChI is InChI=1S/C15H21BrN2O/c1-10-6-7-13(16)14(8-10)18-15(19)12-5-3-2-4-11(12)9-17/h6-8,11-12H,2-5,9,17H2,1H3,(H,18,19). The number of amides is 1. The third kappa shape index (κ3) is 3.57. The number of anilines is 1. The maximum Gasteiger partial charge on any atom is 0.227 e. The zero-order valence-electron chi connectivity index (χ0n) is 11.3. The van der Waals surface area contributed by atoms with E-state index in [4.69, 9.17) is 5.73 Å². The van der Waals surface area contributed by atoms with Gasteiger partial charge >= 0.3 is 0 Å². The van der Waals surface area contributed by atoms with Crippen molar-refractivity contribution < 1.29 is 4.79 Å². The van der Waals surface area contributed by atoms with E-state index in [1.54, 1.807) is 0 Å². The van der Waals surface area contributed by atoms with Crippen LogP contribution in [0.15, 0.2) is 22.7 Å². The highest BCUT2D eigenvalue weighted by molar-refractivity contribution is 9.10. The van der Waals surface area contributed by atoms with Gasteiger partial charge in [0.1, 0.15) is 0 Å². The van der Waals surface area contributed by atoms with E-state index in [-0.39, 0.29) is 11.8 Å². The van der Waals surface area contributed by atoms with Crippen LogP contribution >= 0.6 is 15.9 Å². The van der Waals surface area contributed by atoms with Crippen LogP contribution in [0.1, 0.15) is 31.2 Å². The molecular formula is C15H21BrN2O. The van der Waals surface area contributed by atoms with E-state index < -0.39 is 0 Å². The first-order valence-corrected chi connectivity index (χ1v) is 7.68. The lowest BCUT2D eigenvalue weighted by atomic mass is 9.78. The Morgan fingerprint density at radius 1 is 1.42 bits per heavy atom. The van der Waals surface area contributed by atoms with E-state index in [9.17, 15) is 4.79 Å². The van der Waals surface area contributed by atoms with Gasteiger partial charge in [0, 0.05) is 10.4 Å². The van der Waals surface area contributed by atoms with Gasteiger partial charge in [-0.3, -0.25) is 4.79 Å². The highest BCUT2D eigenvalue weighted by atomic mass is 79.9. The number of nitrogens with two attached hydrogens (primary N) is 1. The summed E-state index contributed by atoms with van der Waals surface area (Å²) in [6.45, 7) is 2.62. The molecule has 1 saturated carbocycles. The molecule has 2 unspecified atom stereocenters. The van der Waals surface area contributed by atoms with Crippen LogP contribution in [0.25, 0.3) is 0 Å². The molecule has 1 fully saturated rings. The summed E-state index contributed by atoms with van der Waals surface area (Å²) in [4.78, 5) is 12.4. The molecule has 19 heavy (non-hydrogen) atoms. The van der Waals surface area contributed by atoms with E-state index in [0.717, 1.165) is 35.0 Å². The van der Waals surface area contributed by atoms with E-state index in [2.05, 4.69) is 21.2 Å². The van der Waals surface area contributed by atoms with Crippen molar-refractivity contribution in [2.45, 2.75) is 32.6 Å². The lowest BCUT2D eigenvalue weighted by molar-refractivity contribution is -0.122. The fourth-order valence-electron chi connectivity index (χ4n) is 2.80. The molecule has 1 aromatic rings. The quantitative estimate of drug-likeness (QED) is 0.894. The smallest absolute Gasteiger partial charge is 0.227 e. The minimum absolute atomic E-state index is 0.0613. The SMILES string of the molecule is Cc1ccc(Br)c(NC(=O)C2CCCCC2CN)c1. The van der Waals surface area contributed by atoms with Gasteiger partial charge in [-0.05, 0) is 65.9 Å². The summed E-state index contributed by atoms with van der Waals surface area (Å²) in [7, 11) is 0. The van der Waals surface area contributed by atoms with Gasteiger partial charge in [-0.2, -0.15) is 0 Å². The summed E-state index contributed by atoms with van der Waals surface area (Å²) in [5.41, 5.74) is 7.78. The first kappa shape index (κ1) is 14.5. The highest BCUT2D eigenvalue weighted by Crippen LogP contribution is 2.31. The molecule has 2 atom stereocenters. The van der Waals surface area contributed by atoms with Crippen molar-refractivity contribution in [3.05, 3.63) is 28.2 Å². The Morgan fingerprint density at radius 3 is 2.89 bits per heavy atom. The first-order chi connectivity index (χ1) is 9.11. The Hall–Kier alpha value is -0.870. The number of aryl methyl sites for hydroxylation is 1. The number of nitrogens with one attached hydrogen (secondary N) is 1. The fraction of sp³-hybridized carbons (Fsp3) is 0.533. The number of rotatable bonds is 3. The van der Waals surface area contributed by atoms with Crippen molar-refractivity contribution in [3.63, 3.8) is 0 Å². The topological polar surface area (TPSA) is 55.1 Å². The lowest BCUT2D eigenvalue weighted by Crippen LogP contribution is -2.35. The zero-order chi connectivity index (χ0) is 13.8. The average molecular weight is 325 g/mol. The summed E-state index contributed by atoms with van der Waals surface area (Å²) >= 11 is 3.48. The minimum Gasteiger partial charge on any atom is -0.330 e. The molecule has 0 aliphatic heterocycles. The molecule has 1 aromatic carbocycles. The van der Waals surface area contributed by atoms with E-state index in [1.807, 2.05) is 25.1 Å². The minimum atomic E-state index is 0.0613. The number of carbonyl (C=O) groups is 1. The summed E-state index contributed by atoms with van der Waals surface area (Å²) in [5.74, 6) is 0.505. The summed E-state index contributed by atoms with van der Waals surface area (Å²) in [5, 5.41) is 3.04. The van der Waals surface area contributed by atoms with Crippen molar-refractivity contribution in [1.29, 1.82) is 0 Å². The second-order valence-electron chi connectivity index (χ2n) is 5.36. The number of hydrogen-bond donors (Lipinski definition) is 2. The normalized spacial score (nSPS) is 23.1. The van der Waals surface area contributed by atoms with Gasteiger partial charge in [0.2, 0.25) is 5.91 Å². The molecule has 0 bridgehead atoms. The van der Waals surface area contributed by atoms with Crippen LogP contribution in [0, 0.1) is 18.8 Å². The Balaban J connectivity index is 2.09.